The molecule has 3 N–H and O–H groups in total. The van der Waals surface area contributed by atoms with Gasteiger partial charge < -0.3 is 10.6 Å². The fourth-order valence-corrected chi connectivity index (χ4v) is 2.62. The van der Waals surface area contributed by atoms with Gasteiger partial charge in [0.15, 0.2) is 0 Å². The van der Waals surface area contributed by atoms with E-state index in [1.807, 2.05) is 12.1 Å². The van der Waals surface area contributed by atoms with Crippen LogP contribution in [0.3, 0.4) is 0 Å². The maximum Gasteiger partial charge on any atom is 0.233 e. The van der Waals surface area contributed by atoms with Gasteiger partial charge in [-0.25, -0.2) is 8.42 Å². The molecule has 0 aliphatic heterocycles. The van der Waals surface area contributed by atoms with Crippen LogP contribution in [-0.4, -0.2) is 33.8 Å². The maximum absolute atomic E-state index is 11.5. The summed E-state index contributed by atoms with van der Waals surface area (Å²) in [6.45, 7) is 6.14. The highest BCUT2D eigenvalue weighted by molar-refractivity contribution is 7.92. The molecule has 1 aromatic carbocycles. The number of nitrogens with one attached hydrogen (secondary N) is 1. The van der Waals surface area contributed by atoms with Crippen LogP contribution in [0.2, 0.25) is 0 Å². The van der Waals surface area contributed by atoms with E-state index in [1.165, 1.54) is 0 Å². The number of hydrogen-bond acceptors (Lipinski definition) is 4. The van der Waals surface area contributed by atoms with Crippen molar-refractivity contribution < 1.29 is 8.42 Å². The van der Waals surface area contributed by atoms with Gasteiger partial charge in [0.2, 0.25) is 10.0 Å². The van der Waals surface area contributed by atoms with E-state index in [0.717, 1.165) is 18.8 Å². The second-order valence-electron chi connectivity index (χ2n) is 3.93. The number of nitrogens with zero attached hydrogens (tertiary/aromatic N) is 1. The van der Waals surface area contributed by atoms with E-state index in [0.29, 0.717) is 5.69 Å². The standard InChI is InChI=1S/C12H21N3O2S/c1-3-15(4-2)12-7-5-11(6-8-12)14-18(16,17)10-9-13/h5-8,14H,3-4,9-10,13H2,1-2H3. The van der Waals surface area contributed by atoms with Crippen LogP contribution in [0, 0.1) is 0 Å². The Labute approximate surface area is 109 Å². The van der Waals surface area contributed by atoms with Crippen LogP contribution >= 0.6 is 0 Å². The Balaban J connectivity index is 2.77. The van der Waals surface area contributed by atoms with Crippen molar-refractivity contribution in [1.29, 1.82) is 0 Å². The Morgan fingerprint density at radius 1 is 1.17 bits per heavy atom. The first-order valence-electron chi connectivity index (χ1n) is 6.08. The van der Waals surface area contributed by atoms with Gasteiger partial charge in [-0.1, -0.05) is 0 Å². The van der Waals surface area contributed by atoms with Crippen LogP contribution in [-0.2, 0) is 10.0 Å². The average molecular weight is 271 g/mol. The molecule has 0 amide bonds. The third kappa shape index (κ3) is 4.19. The average Bonchev–Trinajstić information content (AvgIpc) is 2.32. The fourth-order valence-electron chi connectivity index (χ4n) is 1.71. The molecule has 0 aliphatic carbocycles. The van der Waals surface area contributed by atoms with Crippen molar-refractivity contribution in [2.24, 2.45) is 5.73 Å². The number of benzene rings is 1. The van der Waals surface area contributed by atoms with Crippen molar-refractivity contribution in [2.45, 2.75) is 13.8 Å². The van der Waals surface area contributed by atoms with E-state index >= 15 is 0 Å². The minimum atomic E-state index is -3.32. The fraction of sp³-hybridized carbons (Fsp3) is 0.500. The lowest BCUT2D eigenvalue weighted by atomic mass is 10.2. The van der Waals surface area contributed by atoms with E-state index in [-0.39, 0.29) is 12.3 Å². The normalized spacial score (nSPS) is 11.3. The van der Waals surface area contributed by atoms with E-state index in [9.17, 15) is 8.42 Å². The van der Waals surface area contributed by atoms with Crippen molar-refractivity contribution >= 4 is 21.4 Å². The molecule has 0 unspecified atom stereocenters. The quantitative estimate of drug-likeness (QED) is 0.782. The lowest BCUT2D eigenvalue weighted by molar-refractivity contribution is 0.601. The molecule has 18 heavy (non-hydrogen) atoms. The first kappa shape index (κ1) is 14.8. The van der Waals surface area contributed by atoms with Gasteiger partial charge in [-0.3, -0.25) is 4.72 Å². The van der Waals surface area contributed by atoms with Crippen LogP contribution < -0.4 is 15.4 Å². The smallest absolute Gasteiger partial charge is 0.233 e. The third-order valence-corrected chi connectivity index (χ3v) is 3.98. The van der Waals surface area contributed by atoms with Gasteiger partial charge in [0.1, 0.15) is 0 Å². The van der Waals surface area contributed by atoms with Gasteiger partial charge in [-0.05, 0) is 38.1 Å². The second-order valence-corrected chi connectivity index (χ2v) is 5.77. The summed E-state index contributed by atoms with van der Waals surface area (Å²) in [4.78, 5) is 2.19. The number of hydrogen-bond donors (Lipinski definition) is 2. The van der Waals surface area contributed by atoms with E-state index in [2.05, 4.69) is 23.5 Å². The maximum atomic E-state index is 11.5. The van der Waals surface area contributed by atoms with Crippen LogP contribution in [0.15, 0.2) is 24.3 Å². The largest absolute Gasteiger partial charge is 0.372 e. The van der Waals surface area contributed by atoms with Crippen molar-refractivity contribution in [3.63, 3.8) is 0 Å². The highest BCUT2D eigenvalue weighted by Gasteiger charge is 2.09. The molecule has 0 radical (unpaired) electrons. The summed E-state index contributed by atoms with van der Waals surface area (Å²) in [5.74, 6) is -0.0647. The van der Waals surface area contributed by atoms with Crippen LogP contribution in [0.1, 0.15) is 13.8 Å². The molecule has 0 saturated heterocycles. The zero-order valence-corrected chi connectivity index (χ0v) is 11.7. The molecule has 6 heteroatoms. The Hall–Kier alpha value is -1.27. The van der Waals surface area contributed by atoms with E-state index in [1.54, 1.807) is 12.1 Å². The predicted molar refractivity (Wildman–Crippen MR) is 76.5 cm³/mol. The topological polar surface area (TPSA) is 75.4 Å². The molecule has 0 bridgehead atoms. The Morgan fingerprint density at radius 3 is 2.17 bits per heavy atom. The summed E-state index contributed by atoms with van der Waals surface area (Å²) in [5.41, 5.74) is 6.90. The number of rotatable bonds is 7. The Kier molecular flexibility index (Phi) is 5.43. The summed E-state index contributed by atoms with van der Waals surface area (Å²) in [6, 6.07) is 7.35. The highest BCUT2D eigenvalue weighted by Crippen LogP contribution is 2.18. The van der Waals surface area contributed by atoms with Crippen LogP contribution in [0.25, 0.3) is 0 Å². The van der Waals surface area contributed by atoms with Gasteiger partial charge in [0.25, 0.3) is 0 Å². The van der Waals surface area contributed by atoms with Crippen molar-refractivity contribution in [3.8, 4) is 0 Å². The molecule has 0 aromatic heterocycles. The lowest BCUT2D eigenvalue weighted by Gasteiger charge is -2.21. The number of anilines is 2. The molecule has 0 spiro atoms. The molecule has 0 fully saturated rings. The molecule has 5 nitrogen and oxygen atoms in total. The molecule has 0 heterocycles. The molecule has 102 valence electrons. The second kappa shape index (κ2) is 6.61. The molecular formula is C12H21N3O2S. The van der Waals surface area contributed by atoms with E-state index < -0.39 is 10.0 Å². The molecular weight excluding hydrogens is 250 g/mol. The molecule has 1 aromatic rings. The summed E-state index contributed by atoms with van der Waals surface area (Å²) in [6.07, 6.45) is 0. The van der Waals surface area contributed by atoms with Gasteiger partial charge >= 0.3 is 0 Å². The minimum absolute atomic E-state index is 0.0647. The van der Waals surface area contributed by atoms with Gasteiger partial charge in [0, 0.05) is 31.0 Å². The third-order valence-electron chi connectivity index (χ3n) is 2.66. The zero-order valence-electron chi connectivity index (χ0n) is 10.9. The van der Waals surface area contributed by atoms with Crippen molar-refractivity contribution in [1.82, 2.24) is 0 Å². The lowest BCUT2D eigenvalue weighted by Crippen LogP contribution is -2.23. The first-order chi connectivity index (χ1) is 8.52. The SMILES string of the molecule is CCN(CC)c1ccc(NS(=O)(=O)CCN)cc1. The summed E-state index contributed by atoms with van der Waals surface area (Å²) >= 11 is 0. The summed E-state index contributed by atoms with van der Waals surface area (Å²) in [5, 5.41) is 0. The number of nitrogens with two attached hydrogens (primary N) is 1. The molecule has 0 atom stereocenters. The monoisotopic (exact) mass is 271 g/mol. The van der Waals surface area contributed by atoms with Gasteiger partial charge in [-0.2, -0.15) is 0 Å². The Bertz CT molecular complexity index is 453. The molecule has 0 saturated carbocycles. The summed E-state index contributed by atoms with van der Waals surface area (Å²) < 4.78 is 25.6. The summed E-state index contributed by atoms with van der Waals surface area (Å²) in [7, 11) is -3.32. The van der Waals surface area contributed by atoms with Crippen LogP contribution in [0.5, 0.6) is 0 Å². The predicted octanol–water partition coefficient (Wildman–Crippen LogP) is 1.23. The Morgan fingerprint density at radius 2 is 1.72 bits per heavy atom. The zero-order chi connectivity index (χ0) is 13.6. The molecule has 0 aliphatic rings. The van der Waals surface area contributed by atoms with Crippen LogP contribution in [0.4, 0.5) is 11.4 Å². The van der Waals surface area contributed by atoms with Gasteiger partial charge in [-0.15, -0.1) is 0 Å². The first-order valence-corrected chi connectivity index (χ1v) is 7.73. The molecule has 1 rings (SSSR count). The van der Waals surface area contributed by atoms with Gasteiger partial charge in [0.05, 0.1) is 5.75 Å². The van der Waals surface area contributed by atoms with E-state index in [4.69, 9.17) is 5.73 Å². The van der Waals surface area contributed by atoms with Crippen molar-refractivity contribution in [2.75, 3.05) is 35.0 Å². The van der Waals surface area contributed by atoms with Crippen molar-refractivity contribution in [3.05, 3.63) is 24.3 Å². The minimum Gasteiger partial charge on any atom is -0.372 e. The number of sulfonamides is 1. The highest BCUT2D eigenvalue weighted by atomic mass is 32.2.